The van der Waals surface area contributed by atoms with E-state index in [-0.39, 0.29) is 23.6 Å². The Morgan fingerprint density at radius 1 is 1.25 bits per heavy atom. The maximum absolute atomic E-state index is 14.3. The molecule has 1 saturated heterocycles. The van der Waals surface area contributed by atoms with E-state index in [0.717, 1.165) is 36.1 Å². The lowest BCUT2D eigenvalue weighted by atomic mass is 9.85. The van der Waals surface area contributed by atoms with Gasteiger partial charge in [0, 0.05) is 30.2 Å². The van der Waals surface area contributed by atoms with E-state index in [1.54, 1.807) is 19.2 Å². The van der Waals surface area contributed by atoms with Crippen LogP contribution in [0.5, 0.6) is 0 Å². The highest BCUT2D eigenvalue weighted by Crippen LogP contribution is 2.29. The largest absolute Gasteiger partial charge is 0.466 e. The number of benzene rings is 2. The number of aryl methyl sites for hydroxylation is 1. The first kappa shape index (κ1) is 26.2. The number of carbonyl (C=O) groups excluding carboxylic acids is 1. The normalized spacial score (nSPS) is 15.9. The Bertz CT molecular complexity index is 1120. The molecule has 2 heterocycles. The Hall–Kier alpha value is -2.84. The molecule has 192 valence electrons. The molecule has 2 aromatic carbocycles. The molecule has 1 aliphatic rings. The zero-order valence-electron chi connectivity index (χ0n) is 20.3. The van der Waals surface area contributed by atoms with Crippen molar-refractivity contribution in [1.29, 1.82) is 0 Å². The number of hydrogen-bond acceptors (Lipinski definition) is 5. The molecule has 4 rings (SSSR count). The van der Waals surface area contributed by atoms with Crippen LogP contribution in [0.15, 0.2) is 48.7 Å². The van der Waals surface area contributed by atoms with Crippen molar-refractivity contribution >= 4 is 17.6 Å². The predicted octanol–water partition coefficient (Wildman–Crippen LogP) is 5.28. The molecule has 2 atom stereocenters. The number of halogens is 3. The Morgan fingerprint density at radius 2 is 2.03 bits per heavy atom. The summed E-state index contributed by atoms with van der Waals surface area (Å²) in [5.74, 6) is -0.735. The number of rotatable bonds is 12. The molecular weight excluding hydrogens is 486 g/mol. The lowest BCUT2D eigenvalue weighted by Gasteiger charge is -2.37. The number of aromatic amines is 1. The summed E-state index contributed by atoms with van der Waals surface area (Å²) in [5.41, 5.74) is 3.16. The third-order valence-electron chi connectivity index (χ3n) is 6.62. The van der Waals surface area contributed by atoms with Gasteiger partial charge in [0.25, 0.3) is 0 Å². The number of nitrogens with zero attached hydrogens (tertiary/aromatic N) is 3. The van der Waals surface area contributed by atoms with E-state index in [1.165, 1.54) is 12.1 Å². The molecule has 0 unspecified atom stereocenters. The SMILES string of the molecule is CCOC(=O)[C@@H](C[C@H](CCc1cn[nH]n1)Cc1ccc(-c2cc(Cl)ccc2F)cc1)CN1CC(F)C1. The maximum atomic E-state index is 14.3. The molecule has 9 heteroatoms. The van der Waals surface area contributed by atoms with Crippen molar-refractivity contribution in [2.75, 3.05) is 26.2 Å². The molecule has 0 saturated carbocycles. The van der Waals surface area contributed by atoms with Crippen molar-refractivity contribution in [2.45, 2.75) is 38.8 Å². The lowest BCUT2D eigenvalue weighted by molar-refractivity contribution is -0.150. The Labute approximate surface area is 215 Å². The molecule has 0 aliphatic carbocycles. The molecule has 0 amide bonds. The van der Waals surface area contributed by atoms with Crippen LogP contribution in [0.3, 0.4) is 0 Å². The summed E-state index contributed by atoms with van der Waals surface area (Å²) in [6.45, 7) is 3.32. The van der Waals surface area contributed by atoms with Gasteiger partial charge in [-0.25, -0.2) is 8.78 Å². The lowest BCUT2D eigenvalue weighted by Crippen LogP contribution is -2.51. The number of aromatic nitrogens is 3. The molecule has 1 aliphatic heterocycles. The van der Waals surface area contributed by atoms with E-state index in [0.29, 0.717) is 43.2 Å². The van der Waals surface area contributed by atoms with Gasteiger partial charge in [-0.3, -0.25) is 9.69 Å². The minimum Gasteiger partial charge on any atom is -0.466 e. The summed E-state index contributed by atoms with van der Waals surface area (Å²) in [7, 11) is 0. The molecule has 3 aromatic rings. The van der Waals surface area contributed by atoms with Crippen molar-refractivity contribution < 1.29 is 18.3 Å². The van der Waals surface area contributed by atoms with E-state index in [1.807, 2.05) is 29.2 Å². The average Bonchev–Trinajstić information content (AvgIpc) is 3.37. The highest BCUT2D eigenvalue weighted by Gasteiger charge is 2.32. The van der Waals surface area contributed by atoms with Gasteiger partial charge in [-0.15, -0.1) is 0 Å². The highest BCUT2D eigenvalue weighted by molar-refractivity contribution is 6.30. The second-order valence-electron chi connectivity index (χ2n) is 9.39. The van der Waals surface area contributed by atoms with E-state index >= 15 is 0 Å². The van der Waals surface area contributed by atoms with Crippen molar-refractivity contribution in [3.05, 3.63) is 70.8 Å². The van der Waals surface area contributed by atoms with Gasteiger partial charge in [-0.05, 0) is 67.9 Å². The fraction of sp³-hybridized carbons (Fsp3) is 0.444. The van der Waals surface area contributed by atoms with Gasteiger partial charge in [-0.2, -0.15) is 15.4 Å². The number of carbonyl (C=O) groups is 1. The summed E-state index contributed by atoms with van der Waals surface area (Å²) < 4.78 is 33.0. The molecule has 1 aromatic heterocycles. The Kier molecular flexibility index (Phi) is 9.04. The monoisotopic (exact) mass is 516 g/mol. The third-order valence-corrected chi connectivity index (χ3v) is 6.86. The number of esters is 1. The van der Waals surface area contributed by atoms with Crippen LogP contribution in [0.2, 0.25) is 5.02 Å². The van der Waals surface area contributed by atoms with Crippen LogP contribution in [0, 0.1) is 17.7 Å². The minimum absolute atomic E-state index is 0.160. The van der Waals surface area contributed by atoms with Crippen molar-refractivity contribution in [3.8, 4) is 11.1 Å². The van der Waals surface area contributed by atoms with Crippen molar-refractivity contribution in [3.63, 3.8) is 0 Å². The van der Waals surface area contributed by atoms with Crippen LogP contribution >= 0.6 is 11.6 Å². The zero-order chi connectivity index (χ0) is 25.5. The topological polar surface area (TPSA) is 71.1 Å². The van der Waals surface area contributed by atoms with Crippen LogP contribution in [-0.4, -0.2) is 58.7 Å². The number of alkyl halides is 1. The molecule has 6 nitrogen and oxygen atoms in total. The molecule has 1 N–H and O–H groups in total. The van der Waals surface area contributed by atoms with Crippen LogP contribution in [-0.2, 0) is 22.4 Å². The number of likely N-dealkylation sites (tertiary alicyclic amines) is 1. The summed E-state index contributed by atoms with van der Waals surface area (Å²) in [5, 5.41) is 11.2. The van der Waals surface area contributed by atoms with Crippen LogP contribution in [0.4, 0.5) is 8.78 Å². The van der Waals surface area contributed by atoms with E-state index < -0.39 is 6.17 Å². The predicted molar refractivity (Wildman–Crippen MR) is 135 cm³/mol. The number of ether oxygens (including phenoxy) is 1. The summed E-state index contributed by atoms with van der Waals surface area (Å²) in [6.07, 6.45) is 3.76. The zero-order valence-corrected chi connectivity index (χ0v) is 21.1. The smallest absolute Gasteiger partial charge is 0.310 e. The minimum atomic E-state index is -0.821. The second-order valence-corrected chi connectivity index (χ2v) is 9.83. The van der Waals surface area contributed by atoms with E-state index in [9.17, 15) is 13.6 Å². The Morgan fingerprint density at radius 3 is 2.69 bits per heavy atom. The third kappa shape index (κ3) is 7.11. The molecule has 1 fully saturated rings. The van der Waals surface area contributed by atoms with Gasteiger partial charge in [0.1, 0.15) is 12.0 Å². The van der Waals surface area contributed by atoms with Gasteiger partial charge in [0.15, 0.2) is 0 Å². The van der Waals surface area contributed by atoms with E-state index in [4.69, 9.17) is 16.3 Å². The van der Waals surface area contributed by atoms with Gasteiger partial charge < -0.3 is 4.74 Å². The quantitative estimate of drug-likeness (QED) is 0.332. The van der Waals surface area contributed by atoms with Gasteiger partial charge >= 0.3 is 5.97 Å². The molecule has 0 radical (unpaired) electrons. The van der Waals surface area contributed by atoms with Crippen molar-refractivity contribution in [1.82, 2.24) is 20.3 Å². The highest BCUT2D eigenvalue weighted by atomic mass is 35.5. The average molecular weight is 517 g/mol. The fourth-order valence-corrected chi connectivity index (χ4v) is 4.92. The molecule has 0 bridgehead atoms. The molecular formula is C27H31ClF2N4O2. The first-order valence-corrected chi connectivity index (χ1v) is 12.7. The number of hydrogen-bond donors (Lipinski definition) is 1. The fourth-order valence-electron chi connectivity index (χ4n) is 4.75. The first-order valence-electron chi connectivity index (χ1n) is 12.3. The first-order chi connectivity index (χ1) is 17.4. The Balaban J connectivity index is 1.48. The van der Waals surface area contributed by atoms with Gasteiger partial charge in [-0.1, -0.05) is 35.9 Å². The maximum Gasteiger partial charge on any atom is 0.310 e. The van der Waals surface area contributed by atoms with Crippen LogP contribution in [0.1, 0.15) is 31.0 Å². The van der Waals surface area contributed by atoms with Crippen LogP contribution < -0.4 is 0 Å². The standard InChI is InChI=1S/C27H31ClF2N4O2/c1-2-36-27(35)21(15-34-16-23(29)17-34)12-19(5-9-24-14-31-33-32-24)11-18-3-6-20(7-4-18)25-13-22(28)8-10-26(25)30/h3-4,6-8,10,13-14,19,21,23H,2,5,9,11-12,15-17H2,1H3,(H,31,32,33)/t19-,21+/m1/s1. The van der Waals surface area contributed by atoms with Crippen LogP contribution in [0.25, 0.3) is 11.1 Å². The van der Waals surface area contributed by atoms with E-state index in [2.05, 4.69) is 15.4 Å². The number of nitrogens with one attached hydrogen (secondary N) is 1. The number of H-pyrrole nitrogens is 1. The molecule has 36 heavy (non-hydrogen) atoms. The van der Waals surface area contributed by atoms with Crippen molar-refractivity contribution in [2.24, 2.45) is 11.8 Å². The van der Waals surface area contributed by atoms with Gasteiger partial charge in [0.2, 0.25) is 0 Å². The summed E-state index contributed by atoms with van der Waals surface area (Å²) in [6, 6.07) is 12.3. The summed E-state index contributed by atoms with van der Waals surface area (Å²) >= 11 is 6.06. The van der Waals surface area contributed by atoms with Gasteiger partial charge in [0.05, 0.1) is 24.4 Å². The molecule has 0 spiro atoms. The summed E-state index contributed by atoms with van der Waals surface area (Å²) in [4.78, 5) is 14.7. The second kappa shape index (κ2) is 12.4.